The first kappa shape index (κ1) is 14.9. The van der Waals surface area contributed by atoms with Gasteiger partial charge in [0, 0.05) is 18.1 Å². The minimum Gasteiger partial charge on any atom is -0.497 e. The smallest absolute Gasteiger partial charge is 0.337 e. The quantitative estimate of drug-likeness (QED) is 0.608. The second kappa shape index (κ2) is 6.30. The number of carbonyl (C=O) groups is 2. The molecule has 0 aliphatic carbocycles. The lowest BCUT2D eigenvalue weighted by molar-refractivity contribution is -0.136. The fourth-order valence-electron chi connectivity index (χ4n) is 2.05. The van der Waals surface area contributed by atoms with Crippen molar-refractivity contribution in [3.63, 3.8) is 0 Å². The van der Waals surface area contributed by atoms with Gasteiger partial charge < -0.3 is 18.9 Å². The summed E-state index contributed by atoms with van der Waals surface area (Å²) in [6, 6.07) is 4.78. The number of ether oxygens (including phenoxy) is 4. The highest BCUT2D eigenvalue weighted by Crippen LogP contribution is 2.28. The van der Waals surface area contributed by atoms with Gasteiger partial charge in [-0.15, -0.1) is 0 Å². The third kappa shape index (κ3) is 2.99. The van der Waals surface area contributed by atoms with E-state index in [1.54, 1.807) is 18.2 Å². The zero-order chi connectivity index (χ0) is 15.4. The Morgan fingerprint density at radius 3 is 2.19 bits per heavy atom. The first-order valence-corrected chi connectivity index (χ1v) is 6.32. The molecule has 0 bridgehead atoms. The van der Waals surface area contributed by atoms with Gasteiger partial charge in [0.1, 0.15) is 11.5 Å². The SMILES string of the molecule is COC(=O)C1=C(C(=O)c2cc(OC)cc(OC)c2)OCC1. The third-order valence-electron chi connectivity index (χ3n) is 3.12. The summed E-state index contributed by atoms with van der Waals surface area (Å²) in [6.45, 7) is 0.284. The van der Waals surface area contributed by atoms with E-state index in [0.29, 0.717) is 23.5 Å². The van der Waals surface area contributed by atoms with Crippen LogP contribution in [0.3, 0.4) is 0 Å². The van der Waals surface area contributed by atoms with E-state index in [-0.39, 0.29) is 17.9 Å². The Morgan fingerprint density at radius 2 is 1.67 bits per heavy atom. The average molecular weight is 292 g/mol. The molecule has 112 valence electrons. The molecule has 0 fully saturated rings. The van der Waals surface area contributed by atoms with Gasteiger partial charge >= 0.3 is 5.97 Å². The van der Waals surface area contributed by atoms with Crippen molar-refractivity contribution in [1.29, 1.82) is 0 Å². The van der Waals surface area contributed by atoms with Crippen molar-refractivity contribution in [1.82, 2.24) is 0 Å². The maximum atomic E-state index is 12.5. The molecule has 0 aromatic heterocycles. The van der Waals surface area contributed by atoms with E-state index in [9.17, 15) is 9.59 Å². The number of hydrogen-bond donors (Lipinski definition) is 0. The molecule has 1 aromatic rings. The van der Waals surface area contributed by atoms with Crippen LogP contribution in [0.25, 0.3) is 0 Å². The van der Waals surface area contributed by atoms with E-state index >= 15 is 0 Å². The first-order valence-electron chi connectivity index (χ1n) is 6.32. The van der Waals surface area contributed by atoms with E-state index in [1.165, 1.54) is 21.3 Å². The summed E-state index contributed by atoms with van der Waals surface area (Å²) in [5.41, 5.74) is 0.578. The van der Waals surface area contributed by atoms with Crippen LogP contribution in [0.2, 0.25) is 0 Å². The number of hydrogen-bond acceptors (Lipinski definition) is 6. The lowest BCUT2D eigenvalue weighted by atomic mass is 10.0. The highest BCUT2D eigenvalue weighted by Gasteiger charge is 2.29. The van der Waals surface area contributed by atoms with E-state index in [2.05, 4.69) is 4.74 Å². The number of Topliss-reactive ketones (excluding diaryl/α,β-unsaturated/α-hetero) is 1. The van der Waals surface area contributed by atoms with E-state index in [0.717, 1.165) is 0 Å². The Bertz CT molecular complexity index is 580. The van der Waals surface area contributed by atoms with E-state index in [4.69, 9.17) is 14.2 Å². The van der Waals surface area contributed by atoms with Gasteiger partial charge in [0.15, 0.2) is 5.76 Å². The standard InChI is InChI=1S/C15H16O6/c1-18-10-6-9(7-11(8-10)19-2)13(16)14-12(4-5-21-14)15(17)20-3/h6-8H,4-5H2,1-3H3. The molecule has 0 radical (unpaired) electrons. The largest absolute Gasteiger partial charge is 0.497 e. The highest BCUT2D eigenvalue weighted by atomic mass is 16.5. The maximum absolute atomic E-state index is 12.5. The van der Waals surface area contributed by atoms with Gasteiger partial charge in [-0.05, 0) is 12.1 Å². The van der Waals surface area contributed by atoms with E-state index < -0.39 is 11.8 Å². The Morgan fingerprint density at radius 1 is 1.05 bits per heavy atom. The predicted octanol–water partition coefficient (Wildman–Crippen LogP) is 1.73. The van der Waals surface area contributed by atoms with Crippen molar-refractivity contribution < 1.29 is 28.5 Å². The molecule has 0 spiro atoms. The molecule has 0 unspecified atom stereocenters. The molecule has 1 aliphatic rings. The van der Waals surface area contributed by atoms with Crippen LogP contribution >= 0.6 is 0 Å². The summed E-state index contributed by atoms with van der Waals surface area (Å²) >= 11 is 0. The van der Waals surface area contributed by atoms with Crippen LogP contribution in [-0.2, 0) is 14.3 Å². The summed E-state index contributed by atoms with van der Waals surface area (Å²) in [7, 11) is 4.26. The van der Waals surface area contributed by atoms with Gasteiger partial charge in [-0.2, -0.15) is 0 Å². The van der Waals surface area contributed by atoms with Crippen molar-refractivity contribution in [3.8, 4) is 11.5 Å². The lowest BCUT2D eigenvalue weighted by Crippen LogP contribution is -2.11. The van der Waals surface area contributed by atoms with Crippen LogP contribution in [0, 0.1) is 0 Å². The summed E-state index contributed by atoms with van der Waals surface area (Å²) < 4.78 is 20.2. The number of esters is 1. The molecule has 0 saturated heterocycles. The third-order valence-corrected chi connectivity index (χ3v) is 3.12. The zero-order valence-corrected chi connectivity index (χ0v) is 12.1. The molecule has 0 atom stereocenters. The summed E-state index contributed by atoms with van der Waals surface area (Å²) in [5, 5.41) is 0. The minimum absolute atomic E-state index is 0.0251. The van der Waals surface area contributed by atoms with Gasteiger partial charge in [0.05, 0.1) is 33.5 Å². The second-order valence-corrected chi connectivity index (χ2v) is 4.33. The molecule has 0 saturated carbocycles. The molecule has 0 amide bonds. The zero-order valence-electron chi connectivity index (χ0n) is 12.1. The van der Waals surface area contributed by atoms with Crippen LogP contribution in [0.5, 0.6) is 11.5 Å². The van der Waals surface area contributed by atoms with Crippen molar-refractivity contribution >= 4 is 11.8 Å². The maximum Gasteiger partial charge on any atom is 0.337 e. The summed E-state index contributed by atoms with van der Waals surface area (Å²) in [6.07, 6.45) is 0.356. The average Bonchev–Trinajstić information content (AvgIpc) is 3.02. The fourth-order valence-corrected chi connectivity index (χ4v) is 2.05. The second-order valence-electron chi connectivity index (χ2n) is 4.33. The van der Waals surface area contributed by atoms with Crippen molar-refractivity contribution in [2.45, 2.75) is 6.42 Å². The fraction of sp³-hybridized carbons (Fsp3) is 0.333. The predicted molar refractivity (Wildman–Crippen MR) is 73.5 cm³/mol. The van der Waals surface area contributed by atoms with Gasteiger partial charge in [-0.3, -0.25) is 4.79 Å². The molecule has 0 N–H and O–H groups in total. The summed E-state index contributed by atoms with van der Waals surface area (Å²) in [4.78, 5) is 24.2. The van der Waals surface area contributed by atoms with Crippen molar-refractivity contribution in [2.24, 2.45) is 0 Å². The minimum atomic E-state index is -0.550. The molecule has 21 heavy (non-hydrogen) atoms. The molecular weight excluding hydrogens is 276 g/mol. The number of methoxy groups -OCH3 is 3. The number of ketones is 1. The lowest BCUT2D eigenvalue weighted by Gasteiger charge is -2.09. The number of rotatable bonds is 5. The Kier molecular flexibility index (Phi) is 4.47. The van der Waals surface area contributed by atoms with Crippen LogP contribution in [0.1, 0.15) is 16.8 Å². The molecule has 1 aromatic carbocycles. The van der Waals surface area contributed by atoms with Gasteiger partial charge in [-0.1, -0.05) is 0 Å². The van der Waals surface area contributed by atoms with Gasteiger partial charge in [0.2, 0.25) is 5.78 Å². The molecule has 6 heteroatoms. The number of carbonyl (C=O) groups excluding carboxylic acids is 2. The summed E-state index contributed by atoms with van der Waals surface area (Å²) in [5.74, 6) is 0.0415. The molecule has 2 rings (SSSR count). The van der Waals surface area contributed by atoms with Crippen LogP contribution in [0.4, 0.5) is 0 Å². The van der Waals surface area contributed by atoms with Crippen molar-refractivity contribution in [2.75, 3.05) is 27.9 Å². The normalized spacial score (nSPS) is 13.7. The topological polar surface area (TPSA) is 71.1 Å². The van der Waals surface area contributed by atoms with Gasteiger partial charge in [0.25, 0.3) is 0 Å². The van der Waals surface area contributed by atoms with Crippen molar-refractivity contribution in [3.05, 3.63) is 35.1 Å². The molecular formula is C15H16O6. The Labute approximate surface area is 122 Å². The number of allylic oxidation sites excluding steroid dienone is 1. The first-order chi connectivity index (χ1) is 10.1. The molecule has 6 nitrogen and oxygen atoms in total. The highest BCUT2D eigenvalue weighted by molar-refractivity contribution is 6.12. The van der Waals surface area contributed by atoms with E-state index in [1.807, 2.05) is 0 Å². The van der Waals surface area contributed by atoms with Crippen LogP contribution in [0.15, 0.2) is 29.5 Å². The van der Waals surface area contributed by atoms with Gasteiger partial charge in [-0.25, -0.2) is 4.79 Å². The molecule has 1 aliphatic heterocycles. The monoisotopic (exact) mass is 292 g/mol. The Balaban J connectivity index is 2.42. The molecule has 1 heterocycles. The number of benzene rings is 1. The van der Waals surface area contributed by atoms with Crippen LogP contribution in [-0.4, -0.2) is 39.7 Å². The van der Waals surface area contributed by atoms with Crippen LogP contribution < -0.4 is 9.47 Å². The Hall–Kier alpha value is -2.50.